The van der Waals surface area contributed by atoms with Gasteiger partial charge in [0.2, 0.25) is 5.91 Å². The highest BCUT2D eigenvalue weighted by Gasteiger charge is 2.29. The monoisotopic (exact) mass is 346 g/mol. The highest BCUT2D eigenvalue weighted by atomic mass is 16.2. The first-order valence-corrected chi connectivity index (χ1v) is 9.38. The van der Waals surface area contributed by atoms with Crippen LogP contribution in [-0.2, 0) is 17.9 Å². The Bertz CT molecular complexity index is 956. The standard InChI is InChI=1S/C21H22N4O/c26-21(15-6-7-15)22-16-8-10-17(11-9-16)24-12-3-13-25-19-5-2-1-4-18(19)23-20(25)14-24/h1-2,4-5,8-11,15H,3,6-7,12-14H2,(H,22,26). The van der Waals surface area contributed by atoms with Gasteiger partial charge < -0.3 is 14.8 Å². The van der Waals surface area contributed by atoms with Crippen molar-refractivity contribution in [1.82, 2.24) is 9.55 Å². The van der Waals surface area contributed by atoms with Crippen LogP contribution in [-0.4, -0.2) is 22.0 Å². The van der Waals surface area contributed by atoms with Crippen LogP contribution in [0.3, 0.4) is 0 Å². The van der Waals surface area contributed by atoms with Gasteiger partial charge in [-0.15, -0.1) is 0 Å². The number of imidazole rings is 1. The fourth-order valence-electron chi connectivity index (χ4n) is 3.73. The molecule has 1 amide bonds. The smallest absolute Gasteiger partial charge is 0.227 e. The average molecular weight is 346 g/mol. The van der Waals surface area contributed by atoms with E-state index in [-0.39, 0.29) is 11.8 Å². The summed E-state index contributed by atoms with van der Waals surface area (Å²) in [6.07, 6.45) is 3.14. The largest absolute Gasteiger partial charge is 0.364 e. The van der Waals surface area contributed by atoms with E-state index in [2.05, 4.69) is 45.1 Å². The second-order valence-corrected chi connectivity index (χ2v) is 7.25. The molecule has 1 aliphatic carbocycles. The van der Waals surface area contributed by atoms with Crippen LogP contribution >= 0.6 is 0 Å². The lowest BCUT2D eigenvalue weighted by Crippen LogP contribution is -2.23. The van der Waals surface area contributed by atoms with Crippen molar-refractivity contribution in [3.8, 4) is 0 Å². The number of amides is 1. The molecule has 2 aliphatic rings. The highest BCUT2D eigenvalue weighted by Crippen LogP contribution is 2.31. The first-order chi connectivity index (χ1) is 12.8. The number of aromatic nitrogens is 2. The predicted octanol–water partition coefficient (Wildman–Crippen LogP) is 3.80. The van der Waals surface area contributed by atoms with Crippen molar-refractivity contribution in [3.05, 3.63) is 54.4 Å². The van der Waals surface area contributed by atoms with Gasteiger partial charge in [-0.3, -0.25) is 4.79 Å². The topological polar surface area (TPSA) is 50.2 Å². The second kappa shape index (κ2) is 6.16. The van der Waals surface area contributed by atoms with Crippen LogP contribution in [0, 0.1) is 5.92 Å². The third-order valence-electron chi connectivity index (χ3n) is 5.32. The van der Waals surface area contributed by atoms with Crippen molar-refractivity contribution < 1.29 is 4.79 Å². The zero-order valence-electron chi connectivity index (χ0n) is 14.7. The molecule has 5 heteroatoms. The van der Waals surface area contributed by atoms with Crippen molar-refractivity contribution >= 4 is 28.3 Å². The van der Waals surface area contributed by atoms with Gasteiger partial charge in [0, 0.05) is 30.4 Å². The Kier molecular flexibility index (Phi) is 3.66. The minimum absolute atomic E-state index is 0.154. The number of benzene rings is 2. The van der Waals surface area contributed by atoms with Gasteiger partial charge in [-0.1, -0.05) is 12.1 Å². The maximum atomic E-state index is 11.9. The summed E-state index contributed by atoms with van der Waals surface area (Å²) in [5.41, 5.74) is 4.35. The van der Waals surface area contributed by atoms with Gasteiger partial charge >= 0.3 is 0 Å². The lowest BCUT2D eigenvalue weighted by molar-refractivity contribution is -0.117. The molecule has 132 valence electrons. The Hall–Kier alpha value is -2.82. The predicted molar refractivity (Wildman–Crippen MR) is 103 cm³/mol. The van der Waals surface area contributed by atoms with Crippen LogP contribution in [0.1, 0.15) is 25.1 Å². The molecule has 0 saturated heterocycles. The van der Waals surface area contributed by atoms with Crippen molar-refractivity contribution in [3.63, 3.8) is 0 Å². The molecule has 3 aromatic rings. The van der Waals surface area contributed by atoms with Crippen molar-refractivity contribution in [1.29, 1.82) is 0 Å². The Morgan fingerprint density at radius 1 is 1.04 bits per heavy atom. The molecule has 2 heterocycles. The molecule has 0 atom stereocenters. The number of nitrogens with zero attached hydrogens (tertiary/aromatic N) is 3. The minimum atomic E-state index is 0.154. The molecule has 5 rings (SSSR count). The summed E-state index contributed by atoms with van der Waals surface area (Å²) in [4.78, 5) is 19.1. The normalized spacial score (nSPS) is 17.0. The highest BCUT2D eigenvalue weighted by molar-refractivity contribution is 5.94. The molecular formula is C21H22N4O. The molecule has 1 aromatic heterocycles. The number of hydrogen-bond donors (Lipinski definition) is 1. The van der Waals surface area contributed by atoms with E-state index in [0.717, 1.165) is 55.9 Å². The number of fused-ring (bicyclic) bond motifs is 3. The molecule has 0 spiro atoms. The van der Waals surface area contributed by atoms with E-state index in [1.807, 2.05) is 18.2 Å². The number of rotatable bonds is 3. The maximum Gasteiger partial charge on any atom is 0.227 e. The number of para-hydroxylation sites is 2. The summed E-state index contributed by atoms with van der Waals surface area (Å²) in [6, 6.07) is 16.6. The Labute approximate surface area is 152 Å². The number of carbonyl (C=O) groups excluding carboxylic acids is 1. The summed E-state index contributed by atoms with van der Waals surface area (Å²) >= 11 is 0. The van der Waals surface area contributed by atoms with Gasteiger partial charge in [-0.25, -0.2) is 4.98 Å². The van der Waals surface area contributed by atoms with Crippen LogP contribution in [0.25, 0.3) is 11.0 Å². The fraction of sp³-hybridized carbons (Fsp3) is 0.333. The number of carbonyl (C=O) groups is 1. The van der Waals surface area contributed by atoms with Gasteiger partial charge in [0.15, 0.2) is 0 Å². The van der Waals surface area contributed by atoms with Gasteiger partial charge in [0.25, 0.3) is 0 Å². The minimum Gasteiger partial charge on any atom is -0.364 e. The zero-order chi connectivity index (χ0) is 17.5. The number of anilines is 2. The van der Waals surface area contributed by atoms with Crippen LogP contribution in [0.2, 0.25) is 0 Å². The molecule has 1 aliphatic heterocycles. The van der Waals surface area contributed by atoms with Crippen molar-refractivity contribution in [2.45, 2.75) is 32.4 Å². The van der Waals surface area contributed by atoms with Crippen LogP contribution < -0.4 is 10.2 Å². The molecule has 1 fully saturated rings. The maximum absolute atomic E-state index is 11.9. The van der Waals surface area contributed by atoms with Crippen LogP contribution in [0.5, 0.6) is 0 Å². The van der Waals surface area contributed by atoms with E-state index in [1.165, 1.54) is 11.2 Å². The first-order valence-electron chi connectivity index (χ1n) is 9.38. The number of hydrogen-bond acceptors (Lipinski definition) is 3. The van der Waals surface area contributed by atoms with Crippen molar-refractivity contribution in [2.75, 3.05) is 16.8 Å². The van der Waals surface area contributed by atoms with E-state index in [9.17, 15) is 4.79 Å². The molecule has 1 saturated carbocycles. The summed E-state index contributed by atoms with van der Waals surface area (Å²) in [5.74, 6) is 1.50. The van der Waals surface area contributed by atoms with Gasteiger partial charge in [0.1, 0.15) is 5.82 Å². The van der Waals surface area contributed by atoms with E-state index >= 15 is 0 Å². The molecule has 2 aromatic carbocycles. The fourth-order valence-corrected chi connectivity index (χ4v) is 3.73. The van der Waals surface area contributed by atoms with Gasteiger partial charge in [-0.05, 0) is 55.7 Å². The molecule has 0 bridgehead atoms. The Balaban J connectivity index is 1.37. The summed E-state index contributed by atoms with van der Waals surface area (Å²) < 4.78 is 2.35. The van der Waals surface area contributed by atoms with Gasteiger partial charge in [0.05, 0.1) is 17.6 Å². The molecule has 0 unspecified atom stereocenters. The average Bonchev–Trinajstić information content (AvgIpc) is 3.48. The van der Waals surface area contributed by atoms with E-state index in [1.54, 1.807) is 0 Å². The van der Waals surface area contributed by atoms with Gasteiger partial charge in [-0.2, -0.15) is 0 Å². The zero-order valence-corrected chi connectivity index (χ0v) is 14.7. The SMILES string of the molecule is O=C(Nc1ccc(N2CCCn3c(nc4ccccc43)C2)cc1)C1CC1. The Morgan fingerprint density at radius 2 is 1.85 bits per heavy atom. The number of nitrogens with one attached hydrogen (secondary N) is 1. The van der Waals surface area contributed by atoms with Crippen molar-refractivity contribution in [2.24, 2.45) is 5.92 Å². The summed E-state index contributed by atoms with van der Waals surface area (Å²) in [6.45, 7) is 2.82. The second-order valence-electron chi connectivity index (χ2n) is 7.25. The lowest BCUT2D eigenvalue weighted by atomic mass is 10.2. The quantitative estimate of drug-likeness (QED) is 0.785. The molecule has 0 radical (unpaired) electrons. The molecule has 5 nitrogen and oxygen atoms in total. The molecule has 1 N–H and O–H groups in total. The Morgan fingerprint density at radius 3 is 2.65 bits per heavy atom. The van der Waals surface area contributed by atoms with E-state index in [0.29, 0.717) is 0 Å². The molecule has 26 heavy (non-hydrogen) atoms. The summed E-state index contributed by atoms with van der Waals surface area (Å²) in [5, 5.41) is 3.01. The third-order valence-corrected chi connectivity index (χ3v) is 5.32. The van der Waals surface area contributed by atoms with E-state index < -0.39 is 0 Å². The van der Waals surface area contributed by atoms with E-state index in [4.69, 9.17) is 4.98 Å². The third kappa shape index (κ3) is 2.83. The lowest BCUT2D eigenvalue weighted by Gasteiger charge is -2.22. The van der Waals surface area contributed by atoms with Crippen LogP contribution in [0.15, 0.2) is 48.5 Å². The first kappa shape index (κ1) is 15.4. The molecular weight excluding hydrogens is 324 g/mol. The van der Waals surface area contributed by atoms with Crippen LogP contribution in [0.4, 0.5) is 11.4 Å². The summed E-state index contributed by atoms with van der Waals surface area (Å²) in [7, 11) is 0. The number of aryl methyl sites for hydroxylation is 1.